The molecule has 0 fully saturated rings. The van der Waals surface area contributed by atoms with Crippen LogP contribution in [-0.4, -0.2) is 11.6 Å². The van der Waals surface area contributed by atoms with Gasteiger partial charge in [0, 0.05) is 6.20 Å². The molecule has 0 unspecified atom stereocenters. The van der Waals surface area contributed by atoms with Gasteiger partial charge in [-0.1, -0.05) is 19.9 Å². The summed E-state index contributed by atoms with van der Waals surface area (Å²) < 4.78 is 44.0. The lowest BCUT2D eigenvalue weighted by Crippen LogP contribution is -2.07. The fraction of sp³-hybridized carbons (Fsp3) is 0.368. The normalized spacial score (nSPS) is 11.4. The molecule has 0 amide bonds. The van der Waals surface area contributed by atoms with Crippen LogP contribution in [-0.2, 0) is 6.18 Å². The van der Waals surface area contributed by atoms with E-state index in [2.05, 4.69) is 18.8 Å². The molecule has 0 radical (unpaired) electrons. The molecule has 1 heterocycles. The van der Waals surface area contributed by atoms with Crippen LogP contribution in [0.3, 0.4) is 0 Å². The van der Waals surface area contributed by atoms with Crippen LogP contribution in [0, 0.1) is 17.2 Å². The molecule has 0 spiro atoms. The predicted octanol–water partition coefficient (Wildman–Crippen LogP) is 5.45. The molecule has 0 aliphatic rings. The predicted molar refractivity (Wildman–Crippen MR) is 89.0 cm³/mol. The summed E-state index contributed by atoms with van der Waals surface area (Å²) in [5, 5.41) is 9.30. The molecule has 0 aliphatic carbocycles. The van der Waals surface area contributed by atoms with Crippen molar-refractivity contribution in [2.45, 2.75) is 32.9 Å². The fourth-order valence-electron chi connectivity index (χ4n) is 2.36. The molecular formula is C19H19F3N2O. The minimum absolute atomic E-state index is 0.299. The van der Waals surface area contributed by atoms with Crippen LogP contribution in [0.4, 0.5) is 13.2 Å². The third kappa shape index (κ3) is 5.21. The lowest BCUT2D eigenvalue weighted by atomic mass is 10.0. The Morgan fingerprint density at radius 3 is 2.52 bits per heavy atom. The zero-order valence-corrected chi connectivity index (χ0v) is 14.1. The molecule has 3 nitrogen and oxygen atoms in total. The van der Waals surface area contributed by atoms with Gasteiger partial charge in [-0.05, 0) is 54.2 Å². The minimum atomic E-state index is -4.51. The van der Waals surface area contributed by atoms with Gasteiger partial charge in [0.1, 0.15) is 17.5 Å². The molecule has 2 aromatic rings. The van der Waals surface area contributed by atoms with Crippen LogP contribution < -0.4 is 4.74 Å². The van der Waals surface area contributed by atoms with Gasteiger partial charge in [-0.3, -0.25) is 4.98 Å². The smallest absolute Gasteiger partial charge is 0.433 e. The van der Waals surface area contributed by atoms with E-state index in [1.165, 1.54) is 12.1 Å². The van der Waals surface area contributed by atoms with Crippen molar-refractivity contribution in [3.8, 4) is 22.9 Å². The molecule has 132 valence electrons. The van der Waals surface area contributed by atoms with Crippen LogP contribution in [0.1, 0.15) is 37.9 Å². The Labute approximate surface area is 145 Å². The van der Waals surface area contributed by atoms with E-state index in [9.17, 15) is 18.4 Å². The third-order valence-electron chi connectivity index (χ3n) is 3.67. The molecule has 6 heteroatoms. The minimum Gasteiger partial charge on any atom is -0.492 e. The Morgan fingerprint density at radius 2 is 1.88 bits per heavy atom. The van der Waals surface area contributed by atoms with Gasteiger partial charge in [-0.15, -0.1) is 0 Å². The summed E-state index contributed by atoms with van der Waals surface area (Å²) in [7, 11) is 0. The van der Waals surface area contributed by atoms with E-state index in [1.54, 1.807) is 12.1 Å². The Kier molecular flexibility index (Phi) is 6.02. The highest BCUT2D eigenvalue weighted by Crippen LogP contribution is 2.32. The first-order chi connectivity index (χ1) is 11.8. The quantitative estimate of drug-likeness (QED) is 0.652. The summed E-state index contributed by atoms with van der Waals surface area (Å²) >= 11 is 0. The number of aromatic nitrogens is 1. The Balaban J connectivity index is 2.20. The maximum atomic E-state index is 12.8. The summed E-state index contributed by atoms with van der Waals surface area (Å²) in [6.45, 7) is 4.75. The van der Waals surface area contributed by atoms with Crippen molar-refractivity contribution in [2.24, 2.45) is 5.92 Å². The molecule has 0 aliphatic heterocycles. The number of benzene rings is 1. The number of alkyl halides is 3. The van der Waals surface area contributed by atoms with Gasteiger partial charge in [0.2, 0.25) is 0 Å². The van der Waals surface area contributed by atoms with Gasteiger partial charge in [0.05, 0.1) is 12.2 Å². The molecule has 1 aromatic heterocycles. The Bertz CT molecular complexity index is 764. The number of rotatable bonds is 6. The van der Waals surface area contributed by atoms with Crippen LogP contribution >= 0.6 is 0 Å². The van der Waals surface area contributed by atoms with Crippen molar-refractivity contribution in [1.82, 2.24) is 4.98 Å². The van der Waals surface area contributed by atoms with E-state index in [1.807, 2.05) is 6.07 Å². The third-order valence-corrected chi connectivity index (χ3v) is 3.67. The SMILES string of the molecule is CC(C)CCCOc1ccc(-c2ccnc(C(F)(F)F)c2)cc1C#N. The van der Waals surface area contributed by atoms with Gasteiger partial charge in [0.25, 0.3) is 0 Å². The highest BCUT2D eigenvalue weighted by Gasteiger charge is 2.32. The highest BCUT2D eigenvalue weighted by molar-refractivity contribution is 5.67. The van der Waals surface area contributed by atoms with Crippen molar-refractivity contribution in [3.63, 3.8) is 0 Å². The average Bonchev–Trinajstić information content (AvgIpc) is 2.58. The maximum Gasteiger partial charge on any atom is 0.433 e. The number of hydrogen-bond acceptors (Lipinski definition) is 3. The molecule has 0 bridgehead atoms. The Hall–Kier alpha value is -2.55. The van der Waals surface area contributed by atoms with E-state index in [0.717, 1.165) is 25.1 Å². The summed E-state index contributed by atoms with van der Waals surface area (Å²) in [5.41, 5.74) is 0.203. The largest absolute Gasteiger partial charge is 0.492 e. The summed E-state index contributed by atoms with van der Waals surface area (Å²) in [5.74, 6) is 1.02. The molecule has 2 rings (SSSR count). The van der Waals surface area contributed by atoms with Crippen molar-refractivity contribution >= 4 is 0 Å². The summed E-state index contributed by atoms with van der Waals surface area (Å²) in [6, 6.07) is 9.29. The topological polar surface area (TPSA) is 45.9 Å². The molecule has 0 atom stereocenters. The molecule has 0 saturated carbocycles. The first-order valence-corrected chi connectivity index (χ1v) is 8.02. The second-order valence-corrected chi connectivity index (χ2v) is 6.13. The van der Waals surface area contributed by atoms with Gasteiger partial charge in [0.15, 0.2) is 0 Å². The second kappa shape index (κ2) is 8.02. The summed E-state index contributed by atoms with van der Waals surface area (Å²) in [4.78, 5) is 3.35. The van der Waals surface area contributed by atoms with Gasteiger partial charge in [-0.25, -0.2) is 0 Å². The van der Waals surface area contributed by atoms with Crippen molar-refractivity contribution in [3.05, 3.63) is 47.8 Å². The van der Waals surface area contributed by atoms with E-state index < -0.39 is 11.9 Å². The standard InChI is InChI=1S/C19H19F3N2O/c1-13(2)4-3-9-25-17-6-5-14(10-16(17)12-23)15-7-8-24-18(11-15)19(20,21)22/h5-8,10-11,13H,3-4,9H2,1-2H3. The Morgan fingerprint density at radius 1 is 1.16 bits per heavy atom. The number of pyridine rings is 1. The zero-order valence-electron chi connectivity index (χ0n) is 14.1. The lowest BCUT2D eigenvalue weighted by Gasteiger charge is -2.11. The number of nitrogens with zero attached hydrogens (tertiary/aromatic N) is 2. The molecule has 0 N–H and O–H groups in total. The maximum absolute atomic E-state index is 12.8. The van der Waals surface area contributed by atoms with E-state index in [-0.39, 0.29) is 0 Å². The highest BCUT2D eigenvalue weighted by atomic mass is 19.4. The number of nitriles is 1. The number of ether oxygens (including phenoxy) is 1. The molecular weight excluding hydrogens is 329 g/mol. The lowest BCUT2D eigenvalue weighted by molar-refractivity contribution is -0.141. The zero-order chi connectivity index (χ0) is 18.4. The van der Waals surface area contributed by atoms with Crippen LogP contribution in [0.15, 0.2) is 36.5 Å². The average molecular weight is 348 g/mol. The van der Waals surface area contributed by atoms with Crippen LogP contribution in [0.25, 0.3) is 11.1 Å². The molecule has 1 aromatic carbocycles. The first kappa shape index (κ1) is 18.8. The van der Waals surface area contributed by atoms with E-state index in [4.69, 9.17) is 4.74 Å². The van der Waals surface area contributed by atoms with Crippen molar-refractivity contribution in [1.29, 1.82) is 5.26 Å². The van der Waals surface area contributed by atoms with Crippen LogP contribution in [0.5, 0.6) is 5.75 Å². The molecule has 0 saturated heterocycles. The fourth-order valence-corrected chi connectivity index (χ4v) is 2.36. The van der Waals surface area contributed by atoms with Gasteiger partial charge < -0.3 is 4.74 Å². The van der Waals surface area contributed by atoms with Gasteiger partial charge in [-0.2, -0.15) is 18.4 Å². The van der Waals surface area contributed by atoms with Crippen molar-refractivity contribution < 1.29 is 17.9 Å². The summed E-state index contributed by atoms with van der Waals surface area (Å²) in [6.07, 6.45) is -1.49. The number of halogens is 3. The first-order valence-electron chi connectivity index (χ1n) is 8.02. The van der Waals surface area contributed by atoms with Crippen LogP contribution in [0.2, 0.25) is 0 Å². The monoisotopic (exact) mass is 348 g/mol. The van der Waals surface area contributed by atoms with Crippen molar-refractivity contribution in [2.75, 3.05) is 6.61 Å². The number of hydrogen-bond donors (Lipinski definition) is 0. The van der Waals surface area contributed by atoms with Gasteiger partial charge >= 0.3 is 6.18 Å². The van der Waals surface area contributed by atoms with E-state index >= 15 is 0 Å². The second-order valence-electron chi connectivity index (χ2n) is 6.13. The van der Waals surface area contributed by atoms with E-state index in [0.29, 0.717) is 35.0 Å². The molecule has 25 heavy (non-hydrogen) atoms.